The van der Waals surface area contributed by atoms with E-state index in [4.69, 9.17) is 0 Å². The largest absolute Gasteiger partial charge is 0.325 e. The van der Waals surface area contributed by atoms with Crippen molar-refractivity contribution in [3.63, 3.8) is 0 Å². The summed E-state index contributed by atoms with van der Waals surface area (Å²) in [7, 11) is 0. The Hall–Kier alpha value is -3.37. The van der Waals surface area contributed by atoms with Gasteiger partial charge in [-0.1, -0.05) is 18.2 Å². The Morgan fingerprint density at radius 2 is 2.07 bits per heavy atom. The number of anilines is 3. The fourth-order valence-electron chi connectivity index (χ4n) is 2.94. The highest BCUT2D eigenvalue weighted by atomic mass is 32.1. The van der Waals surface area contributed by atoms with Crippen molar-refractivity contribution in [1.29, 1.82) is 5.26 Å². The summed E-state index contributed by atoms with van der Waals surface area (Å²) < 4.78 is 0. The zero-order valence-corrected chi connectivity index (χ0v) is 16.5. The van der Waals surface area contributed by atoms with Gasteiger partial charge in [0.25, 0.3) is 0 Å². The Labute approximate surface area is 174 Å². The van der Waals surface area contributed by atoms with E-state index in [0.29, 0.717) is 28.6 Å². The van der Waals surface area contributed by atoms with Gasteiger partial charge in [-0.3, -0.25) is 4.79 Å². The smallest absolute Gasteiger partial charge is 0.227 e. The molecule has 0 spiro atoms. The third kappa shape index (κ3) is 4.55. The van der Waals surface area contributed by atoms with Crippen molar-refractivity contribution in [2.24, 2.45) is 5.92 Å². The van der Waals surface area contributed by atoms with Crippen molar-refractivity contribution in [1.82, 2.24) is 9.97 Å². The van der Waals surface area contributed by atoms with Gasteiger partial charge >= 0.3 is 0 Å². The van der Waals surface area contributed by atoms with Crippen molar-refractivity contribution < 1.29 is 4.79 Å². The van der Waals surface area contributed by atoms with Crippen molar-refractivity contribution in [2.75, 3.05) is 10.6 Å². The number of benzene rings is 2. The molecule has 7 heteroatoms. The van der Waals surface area contributed by atoms with E-state index in [0.717, 1.165) is 29.7 Å². The van der Waals surface area contributed by atoms with Crippen LogP contribution in [0.25, 0.3) is 11.3 Å². The number of hydrogen-bond donors (Lipinski definition) is 3. The number of hydrogen-bond acceptors (Lipinski definition) is 6. The summed E-state index contributed by atoms with van der Waals surface area (Å²) >= 11 is 4.30. The summed E-state index contributed by atoms with van der Waals surface area (Å²) in [6.07, 6.45) is 3.50. The quantitative estimate of drug-likeness (QED) is 0.528. The molecule has 1 fully saturated rings. The van der Waals surface area contributed by atoms with Crippen molar-refractivity contribution in [3.05, 3.63) is 65.9 Å². The van der Waals surface area contributed by atoms with Crippen LogP contribution in [0, 0.1) is 17.2 Å². The highest BCUT2D eigenvalue weighted by Gasteiger charge is 2.30. The first-order valence-corrected chi connectivity index (χ1v) is 9.95. The molecular formula is C22H19N5OS. The molecule has 144 valence electrons. The zero-order chi connectivity index (χ0) is 20.2. The number of carbonyl (C=O) groups excluding carboxylic acids is 1. The number of nitrogens with one attached hydrogen (secondary N) is 2. The van der Waals surface area contributed by atoms with Gasteiger partial charge in [-0.2, -0.15) is 17.9 Å². The summed E-state index contributed by atoms with van der Waals surface area (Å²) in [4.78, 5) is 20.8. The number of nitrogens with zero attached hydrogens (tertiary/aromatic N) is 3. The third-order valence-corrected chi connectivity index (χ3v) is 5.03. The Kier molecular flexibility index (Phi) is 5.45. The van der Waals surface area contributed by atoms with E-state index in [1.807, 2.05) is 30.3 Å². The molecular weight excluding hydrogens is 382 g/mol. The lowest BCUT2D eigenvalue weighted by Crippen LogP contribution is -2.14. The molecule has 1 amide bonds. The molecule has 29 heavy (non-hydrogen) atoms. The van der Waals surface area contributed by atoms with Gasteiger partial charge in [0.1, 0.15) is 6.07 Å². The van der Waals surface area contributed by atoms with Crippen LogP contribution in [0.15, 0.2) is 54.7 Å². The highest BCUT2D eigenvalue weighted by molar-refractivity contribution is 7.79. The first kappa shape index (κ1) is 19.0. The molecule has 0 aliphatic heterocycles. The maximum absolute atomic E-state index is 12.0. The number of carbonyl (C=O) groups is 1. The van der Waals surface area contributed by atoms with Crippen molar-refractivity contribution in [3.8, 4) is 17.3 Å². The predicted octanol–water partition coefficient (Wildman–Crippen LogP) is 4.54. The molecule has 0 unspecified atom stereocenters. The van der Waals surface area contributed by atoms with Gasteiger partial charge in [0, 0.05) is 29.1 Å². The molecule has 0 radical (unpaired) electrons. The van der Waals surface area contributed by atoms with Crippen LogP contribution in [0.1, 0.15) is 24.0 Å². The monoisotopic (exact) mass is 401 g/mol. The molecule has 1 saturated carbocycles. The van der Waals surface area contributed by atoms with E-state index in [1.165, 1.54) is 0 Å². The number of aromatic nitrogens is 2. The van der Waals surface area contributed by atoms with Gasteiger partial charge < -0.3 is 10.6 Å². The van der Waals surface area contributed by atoms with Crippen LogP contribution in [0.2, 0.25) is 0 Å². The molecule has 4 rings (SSSR count). The standard InChI is InChI=1S/C22H19N5OS/c23-12-17-11-16(6-7-19(17)26-21(28)15-4-5-15)20-8-9-24-22(27-20)25-18-3-1-2-14(10-18)13-29/h1-3,6-11,15,29H,4-5,13H2,(H,26,28)(H,24,25,27). The van der Waals surface area contributed by atoms with Crippen LogP contribution in [-0.2, 0) is 10.5 Å². The van der Waals surface area contributed by atoms with E-state index in [-0.39, 0.29) is 11.8 Å². The van der Waals surface area contributed by atoms with E-state index < -0.39 is 0 Å². The molecule has 0 atom stereocenters. The number of nitriles is 1. The Morgan fingerprint density at radius 3 is 2.83 bits per heavy atom. The van der Waals surface area contributed by atoms with Crippen LogP contribution in [0.3, 0.4) is 0 Å². The fourth-order valence-corrected chi connectivity index (χ4v) is 3.14. The van der Waals surface area contributed by atoms with E-state index in [9.17, 15) is 10.1 Å². The lowest BCUT2D eigenvalue weighted by Gasteiger charge is -2.10. The molecule has 1 heterocycles. The minimum atomic E-state index is -0.0220. The Bertz CT molecular complexity index is 1100. The Balaban J connectivity index is 1.57. The lowest BCUT2D eigenvalue weighted by atomic mass is 10.1. The van der Waals surface area contributed by atoms with E-state index in [2.05, 4.69) is 39.3 Å². The second kappa shape index (κ2) is 8.33. The normalized spacial score (nSPS) is 12.8. The number of thiol groups is 1. The molecule has 0 saturated heterocycles. The van der Waals surface area contributed by atoms with E-state index >= 15 is 0 Å². The number of amides is 1. The van der Waals surface area contributed by atoms with Crippen molar-refractivity contribution in [2.45, 2.75) is 18.6 Å². The van der Waals surface area contributed by atoms with Gasteiger partial charge in [0.2, 0.25) is 11.9 Å². The van der Waals surface area contributed by atoms with Crippen LogP contribution < -0.4 is 10.6 Å². The van der Waals surface area contributed by atoms with Gasteiger partial charge in [0.05, 0.1) is 16.9 Å². The summed E-state index contributed by atoms with van der Waals surface area (Å²) in [5, 5.41) is 15.5. The number of rotatable bonds is 6. The van der Waals surface area contributed by atoms with Gasteiger partial charge in [-0.25, -0.2) is 9.97 Å². The Morgan fingerprint density at radius 1 is 1.21 bits per heavy atom. The minimum absolute atomic E-state index is 0.0220. The van der Waals surface area contributed by atoms with Crippen LogP contribution >= 0.6 is 12.6 Å². The predicted molar refractivity (Wildman–Crippen MR) is 116 cm³/mol. The molecule has 6 nitrogen and oxygen atoms in total. The summed E-state index contributed by atoms with van der Waals surface area (Å²) in [6, 6.07) is 17.2. The topological polar surface area (TPSA) is 90.7 Å². The second-order valence-electron chi connectivity index (χ2n) is 6.88. The van der Waals surface area contributed by atoms with Gasteiger partial charge in [0.15, 0.2) is 0 Å². The average molecular weight is 401 g/mol. The molecule has 1 aliphatic carbocycles. The maximum Gasteiger partial charge on any atom is 0.227 e. The SMILES string of the molecule is N#Cc1cc(-c2ccnc(Nc3cccc(CS)c3)n2)ccc1NC(=O)C1CC1. The fraction of sp³-hybridized carbons (Fsp3) is 0.182. The first-order valence-electron chi connectivity index (χ1n) is 9.31. The lowest BCUT2D eigenvalue weighted by molar-refractivity contribution is -0.117. The minimum Gasteiger partial charge on any atom is -0.325 e. The second-order valence-corrected chi connectivity index (χ2v) is 7.20. The molecule has 0 bridgehead atoms. The summed E-state index contributed by atoms with van der Waals surface area (Å²) in [5.41, 5.74) is 4.38. The molecule has 1 aromatic heterocycles. The van der Waals surface area contributed by atoms with Gasteiger partial charge in [-0.15, -0.1) is 0 Å². The molecule has 2 N–H and O–H groups in total. The zero-order valence-electron chi connectivity index (χ0n) is 15.6. The summed E-state index contributed by atoms with van der Waals surface area (Å²) in [6.45, 7) is 0. The van der Waals surface area contributed by atoms with Gasteiger partial charge in [-0.05, 0) is 48.7 Å². The summed E-state index contributed by atoms with van der Waals surface area (Å²) in [5.74, 6) is 1.17. The van der Waals surface area contributed by atoms with Crippen molar-refractivity contribution >= 4 is 35.9 Å². The maximum atomic E-state index is 12.0. The highest BCUT2D eigenvalue weighted by Crippen LogP contribution is 2.31. The average Bonchev–Trinajstić information content (AvgIpc) is 3.60. The van der Waals surface area contributed by atoms with Crippen LogP contribution in [0.5, 0.6) is 0 Å². The van der Waals surface area contributed by atoms with Crippen LogP contribution in [0.4, 0.5) is 17.3 Å². The first-order chi connectivity index (χ1) is 14.2. The molecule has 1 aliphatic rings. The molecule has 2 aromatic carbocycles. The van der Waals surface area contributed by atoms with E-state index in [1.54, 1.807) is 24.4 Å². The molecule has 3 aromatic rings. The van der Waals surface area contributed by atoms with Crippen LogP contribution in [-0.4, -0.2) is 15.9 Å². The third-order valence-electron chi connectivity index (χ3n) is 4.66.